The first-order valence-corrected chi connectivity index (χ1v) is 12.8. The Labute approximate surface area is 204 Å². The van der Waals surface area contributed by atoms with Crippen molar-refractivity contribution < 1.29 is 18.0 Å². The Balaban J connectivity index is 1.56. The number of likely N-dealkylation sites (tertiary alicyclic amines) is 1. The summed E-state index contributed by atoms with van der Waals surface area (Å²) in [7, 11) is 0. The van der Waals surface area contributed by atoms with Crippen LogP contribution in [-0.2, 0) is 4.79 Å². The number of hydrogen-bond acceptors (Lipinski definition) is 6. The first-order chi connectivity index (χ1) is 16.8. The number of nitrogens with zero attached hydrogens (tertiary/aromatic N) is 4. The van der Waals surface area contributed by atoms with Gasteiger partial charge < -0.3 is 15.5 Å². The first-order valence-electron chi connectivity index (χ1n) is 12.8. The van der Waals surface area contributed by atoms with Crippen molar-refractivity contribution in [2.24, 2.45) is 0 Å². The number of pyridine rings is 1. The lowest BCUT2D eigenvalue weighted by atomic mass is 9.84. The van der Waals surface area contributed by atoms with Crippen LogP contribution < -0.4 is 10.6 Å². The van der Waals surface area contributed by atoms with E-state index >= 15 is 0 Å². The number of halogens is 3. The van der Waals surface area contributed by atoms with Crippen molar-refractivity contribution in [2.45, 2.75) is 95.8 Å². The van der Waals surface area contributed by atoms with Gasteiger partial charge in [-0.05, 0) is 44.9 Å². The van der Waals surface area contributed by atoms with Gasteiger partial charge in [0.2, 0.25) is 5.95 Å². The van der Waals surface area contributed by atoms with Crippen molar-refractivity contribution >= 4 is 28.6 Å². The van der Waals surface area contributed by atoms with E-state index in [1.165, 1.54) is 19.3 Å². The summed E-state index contributed by atoms with van der Waals surface area (Å²) in [4.78, 5) is 26.6. The lowest BCUT2D eigenvalue weighted by Crippen LogP contribution is -2.47. The molecule has 1 unspecified atom stereocenters. The number of piperidine rings is 1. The predicted octanol–water partition coefficient (Wildman–Crippen LogP) is 5.64. The molecule has 1 aliphatic carbocycles. The standard InChI is InChI=1S/C25H35F3N6O/c1-3-7-16(2)31-24-30-15-20-21(33-24)19(17-8-5-4-6-9-17)14-29-22(20)32-18-10-12-34(13-11-18)23(35)25(26,27)28/h14-18H,3-13H2,1-2H3,(H,29,32)(H,30,31,33). The number of amides is 1. The molecule has 1 saturated carbocycles. The molecule has 2 aliphatic rings. The quantitative estimate of drug-likeness (QED) is 0.521. The molecule has 2 aromatic rings. The van der Waals surface area contributed by atoms with Crippen LogP contribution in [0.1, 0.15) is 83.1 Å². The van der Waals surface area contributed by atoms with Gasteiger partial charge in [-0.15, -0.1) is 0 Å². The zero-order valence-corrected chi connectivity index (χ0v) is 20.5. The fourth-order valence-corrected chi connectivity index (χ4v) is 5.26. The highest BCUT2D eigenvalue weighted by molar-refractivity contribution is 5.91. The largest absolute Gasteiger partial charge is 0.471 e. The summed E-state index contributed by atoms with van der Waals surface area (Å²) in [5.74, 6) is -0.0951. The number of hydrogen-bond donors (Lipinski definition) is 2. The van der Waals surface area contributed by atoms with Crippen molar-refractivity contribution in [1.29, 1.82) is 0 Å². The van der Waals surface area contributed by atoms with Crippen molar-refractivity contribution in [3.8, 4) is 0 Å². The van der Waals surface area contributed by atoms with Crippen LogP contribution in [0.2, 0.25) is 0 Å². The summed E-state index contributed by atoms with van der Waals surface area (Å²) >= 11 is 0. The van der Waals surface area contributed by atoms with E-state index < -0.39 is 12.1 Å². The number of fused-ring (bicyclic) bond motifs is 1. The highest BCUT2D eigenvalue weighted by Crippen LogP contribution is 2.37. The number of anilines is 2. The second-order valence-electron chi connectivity index (χ2n) is 9.90. The maximum atomic E-state index is 12.8. The van der Waals surface area contributed by atoms with Crippen molar-refractivity contribution in [2.75, 3.05) is 23.7 Å². The molecule has 0 bridgehead atoms. The van der Waals surface area contributed by atoms with Crippen LogP contribution in [0.5, 0.6) is 0 Å². The zero-order chi connectivity index (χ0) is 25.0. The third kappa shape index (κ3) is 6.13. The Morgan fingerprint density at radius 2 is 1.83 bits per heavy atom. The summed E-state index contributed by atoms with van der Waals surface area (Å²) in [6.45, 7) is 4.39. The molecule has 1 aliphatic heterocycles. The Morgan fingerprint density at radius 1 is 1.11 bits per heavy atom. The molecule has 3 heterocycles. The molecule has 0 radical (unpaired) electrons. The molecule has 10 heteroatoms. The minimum Gasteiger partial charge on any atom is -0.367 e. The smallest absolute Gasteiger partial charge is 0.367 e. The van der Waals surface area contributed by atoms with E-state index in [2.05, 4.69) is 29.5 Å². The summed E-state index contributed by atoms with van der Waals surface area (Å²) in [6, 6.07) is 0.186. The summed E-state index contributed by atoms with van der Waals surface area (Å²) in [6.07, 6.45) is 7.71. The molecule has 7 nitrogen and oxygen atoms in total. The van der Waals surface area contributed by atoms with Gasteiger partial charge in [-0.3, -0.25) is 4.79 Å². The zero-order valence-electron chi connectivity index (χ0n) is 20.5. The van der Waals surface area contributed by atoms with Gasteiger partial charge in [0.1, 0.15) is 5.82 Å². The molecule has 2 aromatic heterocycles. The van der Waals surface area contributed by atoms with Crippen LogP contribution in [0.4, 0.5) is 24.9 Å². The number of rotatable bonds is 7. The fraction of sp³-hybridized carbons (Fsp3) is 0.680. The number of carbonyl (C=O) groups excluding carboxylic acids is 1. The second kappa shape index (κ2) is 11.0. The average molecular weight is 493 g/mol. The van der Waals surface area contributed by atoms with Gasteiger partial charge in [0.05, 0.1) is 10.9 Å². The van der Waals surface area contributed by atoms with Crippen LogP contribution in [-0.4, -0.2) is 57.1 Å². The van der Waals surface area contributed by atoms with Crippen LogP contribution in [0, 0.1) is 0 Å². The second-order valence-corrected chi connectivity index (χ2v) is 9.90. The number of nitrogens with one attached hydrogen (secondary N) is 2. The highest BCUT2D eigenvalue weighted by Gasteiger charge is 2.43. The van der Waals surface area contributed by atoms with Crippen LogP contribution in [0.25, 0.3) is 10.9 Å². The minimum absolute atomic E-state index is 0.0635. The minimum atomic E-state index is -4.83. The van der Waals surface area contributed by atoms with Gasteiger partial charge in [0.15, 0.2) is 0 Å². The molecular weight excluding hydrogens is 457 g/mol. The number of aromatic nitrogens is 3. The van der Waals surface area contributed by atoms with Crippen LogP contribution in [0.3, 0.4) is 0 Å². The van der Waals surface area contributed by atoms with E-state index in [0.717, 1.165) is 47.0 Å². The SMILES string of the molecule is CCCC(C)Nc1ncc2c(NC3CCN(C(=O)C(F)(F)F)CC3)ncc(C3CCCCC3)c2n1. The molecule has 192 valence electrons. The normalized spacial score (nSPS) is 19.1. The number of alkyl halides is 3. The molecular formula is C25H35F3N6O. The lowest BCUT2D eigenvalue weighted by molar-refractivity contribution is -0.186. The topological polar surface area (TPSA) is 83.0 Å². The molecule has 0 aromatic carbocycles. The Hall–Kier alpha value is -2.65. The molecule has 1 amide bonds. The summed E-state index contributed by atoms with van der Waals surface area (Å²) < 4.78 is 38.3. The van der Waals surface area contributed by atoms with Crippen LogP contribution in [0.15, 0.2) is 12.4 Å². The van der Waals surface area contributed by atoms with E-state index in [9.17, 15) is 18.0 Å². The third-order valence-electron chi connectivity index (χ3n) is 7.16. The lowest BCUT2D eigenvalue weighted by Gasteiger charge is -2.33. The van der Waals surface area contributed by atoms with Gasteiger partial charge >= 0.3 is 12.1 Å². The maximum absolute atomic E-state index is 12.8. The Bertz CT molecular complexity index is 1020. The van der Waals surface area contributed by atoms with E-state index in [4.69, 9.17) is 9.97 Å². The van der Waals surface area contributed by atoms with E-state index in [0.29, 0.717) is 30.5 Å². The molecule has 0 spiro atoms. The average Bonchev–Trinajstić information content (AvgIpc) is 2.84. The monoisotopic (exact) mass is 492 g/mol. The van der Waals surface area contributed by atoms with Crippen molar-refractivity contribution in [1.82, 2.24) is 19.9 Å². The van der Waals surface area contributed by atoms with Gasteiger partial charge in [-0.1, -0.05) is 32.6 Å². The Morgan fingerprint density at radius 3 is 2.49 bits per heavy atom. The first kappa shape index (κ1) is 25.4. The fourth-order valence-electron chi connectivity index (χ4n) is 5.26. The van der Waals surface area contributed by atoms with E-state index in [1.807, 2.05) is 6.20 Å². The molecule has 35 heavy (non-hydrogen) atoms. The van der Waals surface area contributed by atoms with Gasteiger partial charge in [-0.2, -0.15) is 13.2 Å². The van der Waals surface area contributed by atoms with Crippen LogP contribution >= 0.6 is 0 Å². The van der Waals surface area contributed by atoms with Gasteiger partial charge in [-0.25, -0.2) is 15.0 Å². The van der Waals surface area contributed by atoms with Gasteiger partial charge in [0.25, 0.3) is 0 Å². The highest BCUT2D eigenvalue weighted by atomic mass is 19.4. The summed E-state index contributed by atoms with van der Waals surface area (Å²) in [5, 5.41) is 7.63. The molecule has 1 saturated heterocycles. The molecule has 4 rings (SSSR count). The van der Waals surface area contributed by atoms with Crippen molar-refractivity contribution in [3.63, 3.8) is 0 Å². The molecule has 2 fully saturated rings. The maximum Gasteiger partial charge on any atom is 0.471 e. The number of carbonyl (C=O) groups is 1. The predicted molar refractivity (Wildman–Crippen MR) is 130 cm³/mol. The third-order valence-corrected chi connectivity index (χ3v) is 7.16. The van der Waals surface area contributed by atoms with E-state index in [1.54, 1.807) is 6.20 Å². The molecule has 1 atom stereocenters. The molecule has 2 N–H and O–H groups in total. The summed E-state index contributed by atoms with van der Waals surface area (Å²) in [5.41, 5.74) is 2.03. The Kier molecular flexibility index (Phi) is 7.96. The van der Waals surface area contributed by atoms with E-state index in [-0.39, 0.29) is 25.2 Å². The van der Waals surface area contributed by atoms with Crippen molar-refractivity contribution in [3.05, 3.63) is 18.0 Å². The van der Waals surface area contributed by atoms with Gasteiger partial charge in [0, 0.05) is 43.1 Å².